The number of aliphatic hydroxyl groups is 1. The van der Waals surface area contributed by atoms with Crippen molar-refractivity contribution < 1.29 is 14.6 Å². The van der Waals surface area contributed by atoms with Crippen LogP contribution in [0.2, 0.25) is 0 Å². The largest absolute Gasteiger partial charge is 0.443 e. The minimum Gasteiger partial charge on any atom is -0.443 e. The Hall–Kier alpha value is -1.89. The van der Waals surface area contributed by atoms with Gasteiger partial charge >= 0.3 is 6.09 Å². The third-order valence-corrected chi connectivity index (χ3v) is 3.98. The molecule has 7 heteroatoms. The van der Waals surface area contributed by atoms with Gasteiger partial charge in [-0.15, -0.1) is 0 Å². The lowest BCUT2D eigenvalue weighted by Gasteiger charge is -2.41. The molecule has 1 atom stereocenters. The monoisotopic (exact) mass is 308 g/mol. The molecule has 1 amide bonds. The number of rotatable bonds is 4. The summed E-state index contributed by atoms with van der Waals surface area (Å²) in [6.07, 6.45) is 3.75. The van der Waals surface area contributed by atoms with E-state index in [0.717, 1.165) is 6.42 Å². The standard InChI is InChI=1S/C15H24N4O3/c1-4-15(2,3)22-14(21)18-8-9-19(12(10-18)11-20)13-16-6-5-7-17-13/h5-7,12,20H,4,8-11H2,1-3H3/t12-/m1/s1. The zero-order valence-corrected chi connectivity index (χ0v) is 13.4. The van der Waals surface area contributed by atoms with Gasteiger partial charge in [0.05, 0.1) is 12.6 Å². The second kappa shape index (κ2) is 6.91. The van der Waals surface area contributed by atoms with Crippen molar-refractivity contribution in [2.75, 3.05) is 31.1 Å². The van der Waals surface area contributed by atoms with E-state index in [1.54, 1.807) is 23.4 Å². The van der Waals surface area contributed by atoms with E-state index in [2.05, 4.69) is 9.97 Å². The van der Waals surface area contributed by atoms with Crippen molar-refractivity contribution in [1.29, 1.82) is 0 Å². The Morgan fingerprint density at radius 1 is 1.41 bits per heavy atom. The van der Waals surface area contributed by atoms with Crippen LogP contribution >= 0.6 is 0 Å². The predicted octanol–water partition coefficient (Wildman–Crippen LogP) is 1.28. The van der Waals surface area contributed by atoms with E-state index in [1.807, 2.05) is 25.7 Å². The average Bonchev–Trinajstić information content (AvgIpc) is 2.54. The number of aliphatic hydroxyl groups excluding tert-OH is 1. The molecule has 2 rings (SSSR count). The van der Waals surface area contributed by atoms with Crippen LogP contribution in [-0.2, 0) is 4.74 Å². The zero-order chi connectivity index (χ0) is 16.2. The zero-order valence-electron chi connectivity index (χ0n) is 13.4. The number of amides is 1. The van der Waals surface area contributed by atoms with E-state index >= 15 is 0 Å². The highest BCUT2D eigenvalue weighted by molar-refractivity contribution is 5.68. The molecule has 0 aliphatic carbocycles. The molecule has 22 heavy (non-hydrogen) atoms. The fourth-order valence-corrected chi connectivity index (χ4v) is 2.25. The highest BCUT2D eigenvalue weighted by Crippen LogP contribution is 2.19. The highest BCUT2D eigenvalue weighted by Gasteiger charge is 2.33. The van der Waals surface area contributed by atoms with Gasteiger partial charge in [-0.1, -0.05) is 6.92 Å². The maximum atomic E-state index is 12.2. The summed E-state index contributed by atoms with van der Waals surface area (Å²) in [5, 5.41) is 9.63. The van der Waals surface area contributed by atoms with Crippen molar-refractivity contribution in [3.05, 3.63) is 18.5 Å². The maximum absolute atomic E-state index is 12.2. The molecule has 1 N–H and O–H groups in total. The van der Waals surface area contributed by atoms with Crippen molar-refractivity contribution >= 4 is 12.0 Å². The Morgan fingerprint density at radius 2 is 2.09 bits per heavy atom. The van der Waals surface area contributed by atoms with Crippen LogP contribution in [0.1, 0.15) is 27.2 Å². The molecular weight excluding hydrogens is 284 g/mol. The first-order valence-corrected chi connectivity index (χ1v) is 7.59. The fourth-order valence-electron chi connectivity index (χ4n) is 2.25. The molecule has 7 nitrogen and oxygen atoms in total. The number of carbonyl (C=O) groups excluding carboxylic acids is 1. The van der Waals surface area contributed by atoms with Crippen molar-refractivity contribution in [2.45, 2.75) is 38.8 Å². The minimum atomic E-state index is -0.481. The molecule has 122 valence electrons. The van der Waals surface area contributed by atoms with Crippen LogP contribution in [0.15, 0.2) is 18.5 Å². The molecule has 1 aliphatic rings. The first kappa shape index (κ1) is 16.5. The van der Waals surface area contributed by atoms with Crippen LogP contribution in [-0.4, -0.2) is 64.0 Å². The van der Waals surface area contributed by atoms with Gasteiger partial charge in [0, 0.05) is 32.0 Å². The number of hydrogen-bond donors (Lipinski definition) is 1. The van der Waals surface area contributed by atoms with E-state index in [4.69, 9.17) is 4.74 Å². The van der Waals surface area contributed by atoms with Gasteiger partial charge in [0.2, 0.25) is 5.95 Å². The third-order valence-electron chi connectivity index (χ3n) is 3.98. The summed E-state index contributed by atoms with van der Waals surface area (Å²) in [5.41, 5.74) is -0.481. The summed E-state index contributed by atoms with van der Waals surface area (Å²) in [6.45, 7) is 7.18. The van der Waals surface area contributed by atoms with Crippen LogP contribution < -0.4 is 4.90 Å². The molecule has 2 heterocycles. The summed E-state index contributed by atoms with van der Waals surface area (Å²) in [5.74, 6) is 0.573. The van der Waals surface area contributed by atoms with Gasteiger partial charge in [0.25, 0.3) is 0 Å². The number of carbonyl (C=O) groups is 1. The summed E-state index contributed by atoms with van der Waals surface area (Å²) in [6, 6.07) is 1.52. The molecule has 0 bridgehead atoms. The van der Waals surface area contributed by atoms with Crippen LogP contribution in [0, 0.1) is 0 Å². The molecule has 0 aromatic carbocycles. The Labute approximate surface area is 130 Å². The van der Waals surface area contributed by atoms with E-state index < -0.39 is 5.60 Å². The van der Waals surface area contributed by atoms with Gasteiger partial charge in [-0.25, -0.2) is 14.8 Å². The number of anilines is 1. The second-order valence-electron chi connectivity index (χ2n) is 6.01. The highest BCUT2D eigenvalue weighted by atomic mass is 16.6. The van der Waals surface area contributed by atoms with Crippen molar-refractivity contribution in [1.82, 2.24) is 14.9 Å². The van der Waals surface area contributed by atoms with Crippen molar-refractivity contribution in [3.63, 3.8) is 0 Å². The summed E-state index contributed by atoms with van der Waals surface area (Å²) >= 11 is 0. The SMILES string of the molecule is CCC(C)(C)OC(=O)N1CCN(c2ncccn2)[C@@H](CO)C1. The van der Waals surface area contributed by atoms with Gasteiger partial charge in [-0.3, -0.25) is 0 Å². The fraction of sp³-hybridized carbons (Fsp3) is 0.667. The maximum Gasteiger partial charge on any atom is 0.410 e. The number of nitrogens with zero attached hydrogens (tertiary/aromatic N) is 4. The Kier molecular flexibility index (Phi) is 5.18. The normalized spacial score (nSPS) is 19.2. The van der Waals surface area contributed by atoms with Crippen LogP contribution in [0.4, 0.5) is 10.7 Å². The summed E-state index contributed by atoms with van der Waals surface area (Å²) in [7, 11) is 0. The second-order valence-corrected chi connectivity index (χ2v) is 6.01. The first-order chi connectivity index (χ1) is 10.5. The molecular formula is C15H24N4O3. The van der Waals surface area contributed by atoms with Gasteiger partial charge in [-0.2, -0.15) is 0 Å². The van der Waals surface area contributed by atoms with E-state index in [1.165, 1.54) is 0 Å². The number of aromatic nitrogens is 2. The molecule has 1 saturated heterocycles. The molecule has 0 unspecified atom stereocenters. The molecule has 0 spiro atoms. The first-order valence-electron chi connectivity index (χ1n) is 7.59. The quantitative estimate of drug-likeness (QED) is 0.903. The van der Waals surface area contributed by atoms with Gasteiger partial charge in [0.1, 0.15) is 5.60 Å². The summed E-state index contributed by atoms with van der Waals surface area (Å²) < 4.78 is 5.52. The smallest absolute Gasteiger partial charge is 0.410 e. The minimum absolute atomic E-state index is 0.0702. The Balaban J connectivity index is 2.02. The number of piperazine rings is 1. The van der Waals surface area contributed by atoms with Gasteiger partial charge < -0.3 is 19.6 Å². The Bertz CT molecular complexity index is 495. The molecule has 1 aromatic rings. The van der Waals surface area contributed by atoms with Gasteiger partial charge in [0.15, 0.2) is 0 Å². The van der Waals surface area contributed by atoms with Crippen LogP contribution in [0.5, 0.6) is 0 Å². The Morgan fingerprint density at radius 3 is 2.68 bits per heavy atom. The van der Waals surface area contributed by atoms with Crippen molar-refractivity contribution in [3.8, 4) is 0 Å². The van der Waals surface area contributed by atoms with E-state index in [-0.39, 0.29) is 18.7 Å². The molecule has 0 saturated carbocycles. The topological polar surface area (TPSA) is 78.8 Å². The molecule has 1 aromatic heterocycles. The lowest BCUT2D eigenvalue weighted by molar-refractivity contribution is 0.00690. The van der Waals surface area contributed by atoms with E-state index in [0.29, 0.717) is 25.6 Å². The van der Waals surface area contributed by atoms with E-state index in [9.17, 15) is 9.90 Å². The molecule has 0 radical (unpaired) electrons. The molecule has 1 fully saturated rings. The lowest BCUT2D eigenvalue weighted by atomic mass is 10.1. The number of ether oxygens (including phenoxy) is 1. The third kappa shape index (κ3) is 3.85. The lowest BCUT2D eigenvalue weighted by Crippen LogP contribution is -2.57. The average molecular weight is 308 g/mol. The van der Waals surface area contributed by atoms with Crippen LogP contribution in [0.3, 0.4) is 0 Å². The van der Waals surface area contributed by atoms with Crippen LogP contribution in [0.25, 0.3) is 0 Å². The number of hydrogen-bond acceptors (Lipinski definition) is 6. The summed E-state index contributed by atoms with van der Waals surface area (Å²) in [4.78, 5) is 24.2. The van der Waals surface area contributed by atoms with Crippen molar-refractivity contribution in [2.24, 2.45) is 0 Å². The van der Waals surface area contributed by atoms with Gasteiger partial charge in [-0.05, 0) is 26.3 Å². The predicted molar refractivity (Wildman–Crippen MR) is 82.7 cm³/mol. The molecule has 1 aliphatic heterocycles.